The van der Waals surface area contributed by atoms with E-state index in [1.54, 1.807) is 0 Å². The van der Waals surface area contributed by atoms with E-state index in [4.69, 9.17) is 4.74 Å². The zero-order valence-electron chi connectivity index (χ0n) is 12.6. The third kappa shape index (κ3) is 4.73. The van der Waals surface area contributed by atoms with Crippen LogP contribution in [0.2, 0.25) is 0 Å². The van der Waals surface area contributed by atoms with E-state index in [9.17, 15) is 5.11 Å². The van der Waals surface area contributed by atoms with Crippen LogP contribution in [0.3, 0.4) is 0 Å². The first-order chi connectivity index (χ1) is 9.24. The van der Waals surface area contributed by atoms with Crippen molar-refractivity contribution in [2.45, 2.75) is 51.4 Å². The second-order valence-electron chi connectivity index (χ2n) is 6.85. The summed E-state index contributed by atoms with van der Waals surface area (Å²) in [7, 11) is 2.22. The van der Waals surface area contributed by atoms with Crippen LogP contribution >= 0.6 is 0 Å². The van der Waals surface area contributed by atoms with Crippen LogP contribution in [0.1, 0.15) is 51.4 Å². The van der Waals surface area contributed by atoms with Gasteiger partial charge in [0, 0.05) is 31.7 Å². The Balaban J connectivity index is 1.82. The summed E-state index contributed by atoms with van der Waals surface area (Å²) in [5, 5.41) is 9.87. The molecule has 1 saturated heterocycles. The molecule has 0 amide bonds. The first-order valence-electron chi connectivity index (χ1n) is 8.11. The molecule has 1 saturated carbocycles. The van der Waals surface area contributed by atoms with Gasteiger partial charge in [-0.1, -0.05) is 25.7 Å². The van der Waals surface area contributed by atoms with E-state index >= 15 is 0 Å². The average Bonchev–Trinajstić information content (AvgIpc) is 2.66. The third-order valence-corrected chi connectivity index (χ3v) is 4.93. The van der Waals surface area contributed by atoms with E-state index in [-0.39, 0.29) is 5.41 Å². The minimum absolute atomic E-state index is 0.167. The topological polar surface area (TPSA) is 32.7 Å². The smallest absolute Gasteiger partial charge is 0.0506 e. The molecule has 0 aromatic rings. The average molecular weight is 269 g/mol. The molecule has 0 radical (unpaired) electrons. The highest BCUT2D eigenvalue weighted by Gasteiger charge is 2.32. The van der Waals surface area contributed by atoms with Gasteiger partial charge in [0.05, 0.1) is 6.61 Å². The van der Waals surface area contributed by atoms with Crippen molar-refractivity contribution in [1.29, 1.82) is 0 Å². The molecule has 1 aliphatic heterocycles. The molecule has 0 aromatic heterocycles. The molecule has 1 aliphatic carbocycles. The lowest BCUT2D eigenvalue weighted by Gasteiger charge is -2.36. The molecular weight excluding hydrogens is 238 g/mol. The number of rotatable bonds is 5. The summed E-state index contributed by atoms with van der Waals surface area (Å²) in [4.78, 5) is 2.45. The SMILES string of the molecule is CN(CC1CCCOC1)CC1(CO)CCCCCC1. The van der Waals surface area contributed by atoms with Crippen LogP contribution in [-0.4, -0.2) is 50.0 Å². The van der Waals surface area contributed by atoms with Crippen molar-refractivity contribution < 1.29 is 9.84 Å². The first kappa shape index (κ1) is 15.3. The molecular formula is C16H31NO2. The summed E-state index contributed by atoms with van der Waals surface area (Å²) in [5.41, 5.74) is 0.167. The Labute approximate surface area is 118 Å². The number of ether oxygens (including phenoxy) is 1. The Morgan fingerprint density at radius 3 is 2.47 bits per heavy atom. The van der Waals surface area contributed by atoms with Crippen LogP contribution in [0.15, 0.2) is 0 Å². The molecule has 2 rings (SSSR count). The molecule has 0 aromatic carbocycles. The maximum atomic E-state index is 9.87. The molecule has 1 atom stereocenters. The van der Waals surface area contributed by atoms with Gasteiger partial charge in [-0.15, -0.1) is 0 Å². The lowest BCUT2D eigenvalue weighted by Crippen LogP contribution is -2.41. The molecule has 1 N–H and O–H groups in total. The van der Waals surface area contributed by atoms with Crippen LogP contribution in [0, 0.1) is 11.3 Å². The highest BCUT2D eigenvalue weighted by atomic mass is 16.5. The fourth-order valence-electron chi connectivity index (χ4n) is 3.87. The van der Waals surface area contributed by atoms with E-state index in [0.29, 0.717) is 12.5 Å². The van der Waals surface area contributed by atoms with Gasteiger partial charge >= 0.3 is 0 Å². The summed E-state index contributed by atoms with van der Waals surface area (Å²) in [5.74, 6) is 0.695. The number of aliphatic hydroxyl groups is 1. The van der Waals surface area contributed by atoms with E-state index in [1.807, 2.05) is 0 Å². The second-order valence-corrected chi connectivity index (χ2v) is 6.85. The Kier molecular flexibility index (Phi) is 6.11. The standard InChI is InChI=1S/C16H31NO2/c1-17(11-15-7-6-10-19-12-15)13-16(14-18)8-4-2-3-5-9-16/h15,18H,2-14H2,1H3. The minimum atomic E-state index is 0.167. The maximum absolute atomic E-state index is 9.87. The van der Waals surface area contributed by atoms with Crippen molar-refractivity contribution in [2.24, 2.45) is 11.3 Å². The van der Waals surface area contributed by atoms with Gasteiger partial charge in [0.1, 0.15) is 0 Å². The van der Waals surface area contributed by atoms with Crippen molar-refractivity contribution in [1.82, 2.24) is 4.90 Å². The molecule has 2 aliphatic rings. The molecule has 3 heteroatoms. The predicted octanol–water partition coefficient (Wildman–Crippen LogP) is 2.68. The van der Waals surface area contributed by atoms with E-state index in [0.717, 1.165) is 26.3 Å². The van der Waals surface area contributed by atoms with Crippen molar-refractivity contribution in [2.75, 3.05) is 40.0 Å². The fourth-order valence-corrected chi connectivity index (χ4v) is 3.87. The highest BCUT2D eigenvalue weighted by molar-refractivity contribution is 4.84. The maximum Gasteiger partial charge on any atom is 0.0506 e. The Morgan fingerprint density at radius 1 is 1.16 bits per heavy atom. The van der Waals surface area contributed by atoms with Crippen molar-refractivity contribution in [3.05, 3.63) is 0 Å². The zero-order chi connectivity index (χ0) is 13.6. The van der Waals surface area contributed by atoms with Gasteiger partial charge < -0.3 is 14.7 Å². The number of hydrogen-bond donors (Lipinski definition) is 1. The molecule has 112 valence electrons. The van der Waals surface area contributed by atoms with Gasteiger partial charge in [0.2, 0.25) is 0 Å². The Morgan fingerprint density at radius 2 is 1.89 bits per heavy atom. The van der Waals surface area contributed by atoms with Gasteiger partial charge in [0.25, 0.3) is 0 Å². The van der Waals surface area contributed by atoms with E-state index in [2.05, 4.69) is 11.9 Å². The number of aliphatic hydroxyl groups excluding tert-OH is 1. The van der Waals surface area contributed by atoms with E-state index < -0.39 is 0 Å². The van der Waals surface area contributed by atoms with Gasteiger partial charge in [-0.3, -0.25) is 0 Å². The molecule has 0 bridgehead atoms. The van der Waals surface area contributed by atoms with Crippen molar-refractivity contribution >= 4 is 0 Å². The molecule has 0 spiro atoms. The lowest BCUT2D eigenvalue weighted by atomic mass is 9.80. The van der Waals surface area contributed by atoms with Crippen LogP contribution < -0.4 is 0 Å². The third-order valence-electron chi connectivity index (χ3n) is 4.93. The quantitative estimate of drug-likeness (QED) is 0.779. The second kappa shape index (κ2) is 7.61. The molecule has 3 nitrogen and oxygen atoms in total. The van der Waals surface area contributed by atoms with Crippen LogP contribution in [0.4, 0.5) is 0 Å². The van der Waals surface area contributed by atoms with E-state index in [1.165, 1.54) is 51.4 Å². The summed E-state index contributed by atoms with van der Waals surface area (Å²) in [6, 6.07) is 0. The first-order valence-corrected chi connectivity index (χ1v) is 8.11. The summed E-state index contributed by atoms with van der Waals surface area (Å²) < 4.78 is 5.57. The Bertz CT molecular complexity index is 243. The molecule has 1 heterocycles. The van der Waals surface area contributed by atoms with Crippen molar-refractivity contribution in [3.8, 4) is 0 Å². The van der Waals surface area contributed by atoms with Crippen LogP contribution in [0.25, 0.3) is 0 Å². The minimum Gasteiger partial charge on any atom is -0.396 e. The summed E-state index contributed by atoms with van der Waals surface area (Å²) in [6.07, 6.45) is 10.2. The predicted molar refractivity (Wildman–Crippen MR) is 78.3 cm³/mol. The highest BCUT2D eigenvalue weighted by Crippen LogP contribution is 2.35. The molecule has 2 fully saturated rings. The van der Waals surface area contributed by atoms with Gasteiger partial charge in [0.15, 0.2) is 0 Å². The van der Waals surface area contributed by atoms with Crippen molar-refractivity contribution in [3.63, 3.8) is 0 Å². The summed E-state index contributed by atoms with van der Waals surface area (Å²) >= 11 is 0. The monoisotopic (exact) mass is 269 g/mol. The van der Waals surface area contributed by atoms with Crippen LogP contribution in [-0.2, 0) is 4.74 Å². The summed E-state index contributed by atoms with van der Waals surface area (Å²) in [6.45, 7) is 4.41. The number of nitrogens with zero attached hydrogens (tertiary/aromatic N) is 1. The van der Waals surface area contributed by atoms with Gasteiger partial charge in [-0.25, -0.2) is 0 Å². The normalized spacial score (nSPS) is 28.3. The van der Waals surface area contributed by atoms with Gasteiger partial charge in [-0.2, -0.15) is 0 Å². The molecule has 19 heavy (non-hydrogen) atoms. The zero-order valence-corrected chi connectivity index (χ0v) is 12.6. The van der Waals surface area contributed by atoms with Crippen LogP contribution in [0.5, 0.6) is 0 Å². The van der Waals surface area contributed by atoms with Gasteiger partial charge in [-0.05, 0) is 38.6 Å². The molecule has 1 unspecified atom stereocenters. The largest absolute Gasteiger partial charge is 0.396 e. The fraction of sp³-hybridized carbons (Fsp3) is 1.00. The number of hydrogen-bond acceptors (Lipinski definition) is 3. The lowest BCUT2D eigenvalue weighted by molar-refractivity contribution is 0.0235. The Hall–Kier alpha value is -0.120.